The van der Waals surface area contributed by atoms with E-state index in [-0.39, 0.29) is 11.7 Å². The van der Waals surface area contributed by atoms with Crippen molar-refractivity contribution in [3.63, 3.8) is 0 Å². The predicted octanol–water partition coefficient (Wildman–Crippen LogP) is 3.09. The molecule has 8 nitrogen and oxygen atoms in total. The van der Waals surface area contributed by atoms with Gasteiger partial charge in [-0.2, -0.15) is 0 Å². The molecule has 0 aliphatic rings. The first-order valence-electron chi connectivity index (χ1n) is 9.42. The molecule has 0 spiro atoms. The van der Waals surface area contributed by atoms with Gasteiger partial charge in [-0.05, 0) is 0 Å². The van der Waals surface area contributed by atoms with Crippen molar-refractivity contribution >= 4 is 29.4 Å². The normalized spacial score (nSPS) is 10.9. The maximum absolute atomic E-state index is 11.0. The van der Waals surface area contributed by atoms with Crippen LogP contribution in [0.4, 0.5) is 0 Å². The van der Waals surface area contributed by atoms with Gasteiger partial charge in [0.05, 0.1) is 0 Å². The van der Waals surface area contributed by atoms with E-state index in [9.17, 15) is 14.4 Å². The Bertz CT molecular complexity index is 784. The van der Waals surface area contributed by atoms with Gasteiger partial charge in [0.15, 0.2) is 0 Å². The molecule has 0 aliphatic carbocycles. The summed E-state index contributed by atoms with van der Waals surface area (Å²) >= 11 is 3.25. The number of nitrogens with one attached hydrogen (secondary N) is 2. The van der Waals surface area contributed by atoms with Crippen molar-refractivity contribution in [2.45, 2.75) is 41.5 Å². The van der Waals surface area contributed by atoms with Gasteiger partial charge in [-0.25, -0.2) is 0 Å². The third-order valence-electron chi connectivity index (χ3n) is 2.85. The molecule has 0 bridgehead atoms. The van der Waals surface area contributed by atoms with E-state index in [1.165, 1.54) is 6.92 Å². The molecule has 0 aromatic carbocycles. The molecule has 0 aromatic heterocycles. The Balaban J connectivity index is -0.000000398. The molecule has 1 amide bonds. The molecule has 0 heterocycles. The number of carboxylic acid groups (broad SMARTS) is 1. The average molecular weight is 955 g/mol. The van der Waals surface area contributed by atoms with Crippen molar-refractivity contribution in [3.8, 4) is 0 Å². The van der Waals surface area contributed by atoms with E-state index in [4.69, 9.17) is 10.8 Å². The standard InChI is InChI=1S/C8H13N2O.C7H10NO2.C6H8NO.3W/c1-4-10-7(2)5-6-8(11)9-3;1-3-8-6(2)4-5-7(9)10;1-5(7)3-4-6(2)8;;;/h5H,4H2,1-3H3,(H,9,11);4H,3H2,1-2H3,(H,9,10);3,7H,1-2H3;;;/q3*-1;;;. The van der Waals surface area contributed by atoms with Crippen LogP contribution in [0.3, 0.4) is 0 Å². The molecule has 0 saturated heterocycles. The molecule has 0 aliphatic heterocycles. The van der Waals surface area contributed by atoms with Crippen molar-refractivity contribution < 1.29 is 77.6 Å². The first-order valence-corrected chi connectivity index (χ1v) is 13.8. The molecule has 3 N–H and O–H groups in total. The number of nitrogens with zero attached hydrogens (tertiary/aromatic N) is 2. The summed E-state index contributed by atoms with van der Waals surface area (Å²) in [6, 6.07) is 0. The molecule has 0 atom stereocenters. The summed E-state index contributed by atoms with van der Waals surface area (Å²) in [4.78, 5) is 31.9. The van der Waals surface area contributed by atoms with Crippen LogP contribution in [0.15, 0.2) is 35.3 Å². The topological polar surface area (TPSA) is 135 Å². The molecular formula is C21H31N4O4W3-3. The number of carbonyl (C=O) groups is 3. The SMILES string of the molecule is CC(=O)[C](=[W])C=C(C)[NH-].CC[N-]C(C)=C[C](=[W])C(=O)NC.CC[N-]C(C)=C[C](=[W])C(=O)O. The van der Waals surface area contributed by atoms with Crippen molar-refractivity contribution in [2.24, 2.45) is 0 Å². The number of hydrogen-bond donors (Lipinski definition) is 2. The zero-order valence-corrected chi connectivity index (χ0v) is 28.2. The van der Waals surface area contributed by atoms with Gasteiger partial charge in [0.2, 0.25) is 0 Å². The van der Waals surface area contributed by atoms with Crippen LogP contribution in [0.1, 0.15) is 41.5 Å². The molecule has 0 aromatic rings. The average Bonchev–Trinajstić information content (AvgIpc) is 2.67. The number of ketones is 1. The summed E-state index contributed by atoms with van der Waals surface area (Å²) in [7, 11) is 1.63. The molecule has 11 heteroatoms. The van der Waals surface area contributed by atoms with E-state index in [1.807, 2.05) is 26.8 Å². The van der Waals surface area contributed by atoms with Crippen LogP contribution in [-0.4, -0.2) is 54.6 Å². The second kappa shape index (κ2) is 21.7. The van der Waals surface area contributed by atoms with Gasteiger partial charge in [-0.3, -0.25) is 0 Å². The van der Waals surface area contributed by atoms with E-state index in [0.29, 0.717) is 16.1 Å². The number of carboxylic acids is 1. The van der Waals surface area contributed by atoms with Gasteiger partial charge in [-0.15, -0.1) is 0 Å². The summed E-state index contributed by atoms with van der Waals surface area (Å²) in [5.41, 5.74) is 9.13. The Morgan fingerprint density at radius 3 is 1.50 bits per heavy atom. The van der Waals surface area contributed by atoms with Crippen molar-refractivity contribution in [2.75, 3.05) is 20.1 Å². The molecule has 0 fully saturated rings. The van der Waals surface area contributed by atoms with Crippen molar-refractivity contribution in [3.05, 3.63) is 51.7 Å². The summed E-state index contributed by atoms with van der Waals surface area (Å²) in [5.74, 6) is -0.807. The van der Waals surface area contributed by atoms with Crippen LogP contribution in [0.5, 0.6) is 0 Å². The minimum atomic E-state index is -0.856. The number of carbonyl (C=O) groups excluding carboxylic acids is 2. The molecular weight excluding hydrogens is 924 g/mol. The summed E-state index contributed by atoms with van der Waals surface area (Å²) in [6.07, 6.45) is 5.01. The van der Waals surface area contributed by atoms with E-state index in [2.05, 4.69) is 16.0 Å². The van der Waals surface area contributed by atoms with Crippen LogP contribution in [-0.2, 0) is 72.4 Å². The van der Waals surface area contributed by atoms with Gasteiger partial charge in [-0.1, -0.05) is 0 Å². The summed E-state index contributed by atoms with van der Waals surface area (Å²) < 4.78 is 1.90. The molecule has 0 rings (SSSR count). The molecule has 32 heavy (non-hydrogen) atoms. The third kappa shape index (κ3) is 23.6. The van der Waals surface area contributed by atoms with Gasteiger partial charge in [0.25, 0.3) is 0 Å². The van der Waals surface area contributed by atoms with Crippen LogP contribution >= 0.6 is 0 Å². The Morgan fingerprint density at radius 1 is 0.844 bits per heavy atom. The number of Topliss-reactive ketones (excluding diaryl/α,β-unsaturated/α-hetero) is 1. The third-order valence-corrected chi connectivity index (χ3v) is 6.45. The first kappa shape index (κ1) is 35.5. The predicted molar refractivity (Wildman–Crippen MR) is 121 cm³/mol. The summed E-state index contributed by atoms with van der Waals surface area (Å²) in [5, 5.41) is 19.3. The number of hydrogen-bond acceptors (Lipinski definition) is 3. The fraction of sp³-hybridized carbons (Fsp3) is 0.429. The Labute approximate surface area is 224 Å². The number of amides is 1. The zero-order chi connectivity index (χ0) is 25.9. The second-order valence-corrected chi connectivity index (χ2v) is 10.6. The van der Waals surface area contributed by atoms with Crippen molar-refractivity contribution in [1.82, 2.24) is 5.32 Å². The first-order chi connectivity index (χ1) is 14.7. The molecule has 0 saturated carbocycles. The Morgan fingerprint density at radius 2 is 1.25 bits per heavy atom. The molecule has 180 valence electrons. The Hall–Kier alpha value is -1.10. The second-order valence-electron chi connectivity index (χ2n) is 5.88. The molecule has 0 unspecified atom stereocenters. The number of aliphatic carboxylic acids is 1. The monoisotopic (exact) mass is 955 g/mol. The summed E-state index contributed by atoms with van der Waals surface area (Å²) in [6.45, 7) is 12.2. The van der Waals surface area contributed by atoms with Crippen LogP contribution in [0.2, 0.25) is 0 Å². The van der Waals surface area contributed by atoms with Gasteiger partial charge < -0.3 is 0 Å². The van der Waals surface area contributed by atoms with E-state index in [0.717, 1.165) is 83.8 Å². The Kier molecular flexibility index (Phi) is 24.1. The number of allylic oxidation sites excluding steroid dienone is 4. The van der Waals surface area contributed by atoms with Gasteiger partial charge in [0.1, 0.15) is 0 Å². The van der Waals surface area contributed by atoms with E-state index in [1.54, 1.807) is 33.0 Å². The van der Waals surface area contributed by atoms with E-state index >= 15 is 0 Å². The zero-order valence-electron chi connectivity index (χ0n) is 19.4. The van der Waals surface area contributed by atoms with Crippen LogP contribution in [0, 0.1) is 0 Å². The van der Waals surface area contributed by atoms with Crippen LogP contribution < -0.4 is 5.32 Å². The molecule has 0 radical (unpaired) electrons. The fourth-order valence-electron chi connectivity index (χ4n) is 1.52. The van der Waals surface area contributed by atoms with E-state index < -0.39 is 5.97 Å². The van der Waals surface area contributed by atoms with Crippen LogP contribution in [0.25, 0.3) is 16.4 Å². The van der Waals surface area contributed by atoms with Gasteiger partial charge >= 0.3 is 226 Å². The van der Waals surface area contributed by atoms with Crippen molar-refractivity contribution in [1.29, 1.82) is 0 Å². The number of rotatable bonds is 10. The quantitative estimate of drug-likeness (QED) is 0.349. The maximum atomic E-state index is 11.0. The fourth-order valence-corrected chi connectivity index (χ4v) is 3.75. The minimum absolute atomic E-state index is 0.0179. The van der Waals surface area contributed by atoms with Gasteiger partial charge in [0, 0.05) is 0 Å².